The van der Waals surface area contributed by atoms with Crippen LogP contribution in [0.1, 0.15) is 11.1 Å². The van der Waals surface area contributed by atoms with Gasteiger partial charge in [0.05, 0.1) is 6.10 Å². The molecule has 0 aliphatic heterocycles. The minimum Gasteiger partial charge on any atom is -0.391 e. The van der Waals surface area contributed by atoms with Crippen LogP contribution in [0.15, 0.2) is 54.6 Å². The molecule has 2 amide bonds. The zero-order valence-electron chi connectivity index (χ0n) is 12.0. The fourth-order valence-corrected chi connectivity index (χ4v) is 1.98. The Balaban J connectivity index is 1.74. The number of aliphatic hydroxyl groups excluding tert-OH is 1. The molecule has 1 unspecified atom stereocenters. The Hall–Kier alpha value is -2.33. The highest BCUT2D eigenvalue weighted by atomic mass is 16.3. The summed E-state index contributed by atoms with van der Waals surface area (Å²) < 4.78 is 0. The van der Waals surface area contributed by atoms with Gasteiger partial charge < -0.3 is 15.7 Å². The predicted octanol–water partition coefficient (Wildman–Crippen LogP) is 2.72. The van der Waals surface area contributed by atoms with Crippen LogP contribution in [0.4, 0.5) is 10.5 Å². The smallest absolute Gasteiger partial charge is 0.319 e. The monoisotopic (exact) mass is 284 g/mol. The van der Waals surface area contributed by atoms with Crippen molar-refractivity contribution < 1.29 is 9.90 Å². The van der Waals surface area contributed by atoms with Crippen LogP contribution in [0, 0.1) is 6.92 Å². The quantitative estimate of drug-likeness (QED) is 0.790. The normalized spacial score (nSPS) is 11.7. The Morgan fingerprint density at radius 1 is 1.10 bits per heavy atom. The molecule has 4 nitrogen and oxygen atoms in total. The van der Waals surface area contributed by atoms with Gasteiger partial charge in [0.15, 0.2) is 0 Å². The molecule has 2 aromatic rings. The van der Waals surface area contributed by atoms with Gasteiger partial charge in [0.1, 0.15) is 0 Å². The molecule has 0 heterocycles. The second-order valence-electron chi connectivity index (χ2n) is 5.04. The number of aryl methyl sites for hydroxylation is 1. The maximum absolute atomic E-state index is 11.7. The SMILES string of the molecule is Cc1ccc(NC(=O)NCC(O)Cc2ccccc2)cc1. The van der Waals surface area contributed by atoms with Crippen molar-refractivity contribution in [1.29, 1.82) is 0 Å². The molecule has 3 N–H and O–H groups in total. The number of urea groups is 1. The first-order valence-electron chi connectivity index (χ1n) is 6.97. The third-order valence-electron chi connectivity index (χ3n) is 3.12. The second kappa shape index (κ2) is 7.45. The molecule has 0 fully saturated rings. The van der Waals surface area contributed by atoms with Crippen molar-refractivity contribution in [3.8, 4) is 0 Å². The van der Waals surface area contributed by atoms with Gasteiger partial charge in [-0.05, 0) is 24.6 Å². The summed E-state index contributed by atoms with van der Waals surface area (Å²) in [5.74, 6) is 0. The lowest BCUT2D eigenvalue weighted by Gasteiger charge is -2.13. The highest BCUT2D eigenvalue weighted by Gasteiger charge is 2.08. The van der Waals surface area contributed by atoms with Gasteiger partial charge in [-0.25, -0.2) is 4.79 Å². The third-order valence-corrected chi connectivity index (χ3v) is 3.12. The van der Waals surface area contributed by atoms with Crippen molar-refractivity contribution in [1.82, 2.24) is 5.32 Å². The Kier molecular flexibility index (Phi) is 5.35. The molecule has 0 spiro atoms. The lowest BCUT2D eigenvalue weighted by molar-refractivity contribution is 0.172. The van der Waals surface area contributed by atoms with Gasteiger partial charge in [-0.15, -0.1) is 0 Å². The van der Waals surface area contributed by atoms with Gasteiger partial charge in [0.25, 0.3) is 0 Å². The van der Waals surface area contributed by atoms with Gasteiger partial charge in [-0.2, -0.15) is 0 Å². The maximum Gasteiger partial charge on any atom is 0.319 e. The van der Waals surface area contributed by atoms with Crippen molar-refractivity contribution >= 4 is 11.7 Å². The molecule has 0 saturated carbocycles. The van der Waals surface area contributed by atoms with E-state index in [2.05, 4.69) is 10.6 Å². The lowest BCUT2D eigenvalue weighted by atomic mass is 10.1. The number of carbonyl (C=O) groups is 1. The molecular weight excluding hydrogens is 264 g/mol. The second-order valence-corrected chi connectivity index (χ2v) is 5.04. The molecule has 2 rings (SSSR count). The zero-order chi connectivity index (χ0) is 15.1. The van der Waals surface area contributed by atoms with Crippen LogP contribution in [0.25, 0.3) is 0 Å². The van der Waals surface area contributed by atoms with Crippen molar-refractivity contribution in [2.45, 2.75) is 19.4 Å². The number of anilines is 1. The van der Waals surface area contributed by atoms with Gasteiger partial charge in [0.2, 0.25) is 0 Å². The highest BCUT2D eigenvalue weighted by molar-refractivity contribution is 5.89. The summed E-state index contributed by atoms with van der Waals surface area (Å²) in [4.78, 5) is 11.7. The molecule has 0 bridgehead atoms. The van der Waals surface area contributed by atoms with Gasteiger partial charge in [-0.3, -0.25) is 0 Å². The average Bonchev–Trinajstić information content (AvgIpc) is 2.49. The van der Waals surface area contributed by atoms with Gasteiger partial charge in [-0.1, -0.05) is 48.0 Å². The first-order chi connectivity index (χ1) is 10.1. The highest BCUT2D eigenvalue weighted by Crippen LogP contribution is 2.08. The van der Waals surface area contributed by atoms with E-state index in [1.165, 1.54) is 0 Å². The van der Waals surface area contributed by atoms with E-state index in [1.54, 1.807) is 0 Å². The van der Waals surface area contributed by atoms with Crippen LogP contribution in [-0.4, -0.2) is 23.8 Å². The first-order valence-corrected chi connectivity index (χ1v) is 6.97. The number of hydrogen-bond acceptors (Lipinski definition) is 2. The van der Waals surface area contributed by atoms with Crippen LogP contribution >= 0.6 is 0 Å². The minimum absolute atomic E-state index is 0.215. The molecule has 0 aromatic heterocycles. The predicted molar refractivity (Wildman–Crippen MR) is 84.4 cm³/mol. The number of carbonyl (C=O) groups excluding carboxylic acids is 1. The van der Waals surface area contributed by atoms with E-state index < -0.39 is 6.10 Å². The molecule has 0 radical (unpaired) electrons. The molecule has 21 heavy (non-hydrogen) atoms. The van der Waals surface area contributed by atoms with E-state index in [0.29, 0.717) is 6.42 Å². The Morgan fingerprint density at radius 2 is 1.76 bits per heavy atom. The summed E-state index contributed by atoms with van der Waals surface area (Å²) in [6.07, 6.45) is -0.0813. The number of hydrogen-bond donors (Lipinski definition) is 3. The number of aliphatic hydroxyl groups is 1. The van der Waals surface area contributed by atoms with Crippen molar-refractivity contribution in [2.75, 3.05) is 11.9 Å². The molecular formula is C17H20N2O2. The van der Waals surface area contributed by atoms with E-state index in [9.17, 15) is 9.90 Å². The fraction of sp³-hybridized carbons (Fsp3) is 0.235. The Bertz CT molecular complexity index is 567. The summed E-state index contributed by atoms with van der Waals surface area (Å²) in [5, 5.41) is 15.3. The molecule has 110 valence electrons. The van der Waals surface area contributed by atoms with Crippen molar-refractivity contribution in [3.05, 3.63) is 65.7 Å². The summed E-state index contributed by atoms with van der Waals surface area (Å²) in [6.45, 7) is 2.20. The summed E-state index contributed by atoms with van der Waals surface area (Å²) >= 11 is 0. The van der Waals surface area contributed by atoms with Crippen molar-refractivity contribution in [3.63, 3.8) is 0 Å². The van der Waals surface area contributed by atoms with E-state index in [0.717, 1.165) is 16.8 Å². The van der Waals surface area contributed by atoms with E-state index in [-0.39, 0.29) is 12.6 Å². The summed E-state index contributed by atoms with van der Waals surface area (Å²) in [7, 11) is 0. The molecule has 0 aliphatic carbocycles. The summed E-state index contributed by atoms with van der Waals surface area (Å²) in [5.41, 5.74) is 2.92. The Labute approximate surface area is 124 Å². The van der Waals surface area contributed by atoms with E-state index >= 15 is 0 Å². The zero-order valence-corrected chi connectivity index (χ0v) is 12.0. The standard InChI is InChI=1S/C17H20N2O2/c1-13-7-9-15(10-8-13)19-17(21)18-12-16(20)11-14-5-3-2-4-6-14/h2-10,16,20H,11-12H2,1H3,(H2,18,19,21). The Morgan fingerprint density at radius 3 is 2.43 bits per heavy atom. The number of nitrogens with one attached hydrogen (secondary N) is 2. The first kappa shape index (κ1) is 15.1. The molecule has 0 saturated heterocycles. The fourth-order valence-electron chi connectivity index (χ4n) is 1.98. The molecule has 0 aliphatic rings. The van der Waals surface area contributed by atoms with E-state index in [1.807, 2.05) is 61.5 Å². The van der Waals surface area contributed by atoms with Gasteiger partial charge in [0, 0.05) is 18.7 Å². The molecule has 4 heteroatoms. The lowest BCUT2D eigenvalue weighted by Crippen LogP contribution is -2.36. The van der Waals surface area contributed by atoms with Crippen molar-refractivity contribution in [2.24, 2.45) is 0 Å². The van der Waals surface area contributed by atoms with E-state index in [4.69, 9.17) is 0 Å². The largest absolute Gasteiger partial charge is 0.391 e. The average molecular weight is 284 g/mol. The van der Waals surface area contributed by atoms with Crippen LogP contribution in [-0.2, 0) is 6.42 Å². The van der Waals surface area contributed by atoms with Gasteiger partial charge >= 0.3 is 6.03 Å². The number of benzene rings is 2. The minimum atomic E-state index is -0.601. The summed E-state index contributed by atoms with van der Waals surface area (Å²) in [6, 6.07) is 16.9. The maximum atomic E-state index is 11.7. The topological polar surface area (TPSA) is 61.4 Å². The van der Waals surface area contributed by atoms with Crippen LogP contribution in [0.3, 0.4) is 0 Å². The van der Waals surface area contributed by atoms with Crippen LogP contribution in [0.5, 0.6) is 0 Å². The van der Waals surface area contributed by atoms with Crippen LogP contribution < -0.4 is 10.6 Å². The molecule has 2 aromatic carbocycles. The van der Waals surface area contributed by atoms with Crippen LogP contribution in [0.2, 0.25) is 0 Å². The molecule has 1 atom stereocenters. The number of amides is 2. The number of rotatable bonds is 5. The third kappa shape index (κ3) is 5.28.